The Morgan fingerprint density at radius 1 is 1.17 bits per heavy atom. The largest absolute Gasteiger partial charge is 0.488 e. The van der Waals surface area contributed by atoms with E-state index in [1.807, 2.05) is 39.0 Å². The summed E-state index contributed by atoms with van der Waals surface area (Å²) >= 11 is 0. The summed E-state index contributed by atoms with van der Waals surface area (Å²) < 4.78 is 30.5. The highest BCUT2D eigenvalue weighted by Crippen LogP contribution is 2.38. The number of ether oxygens (including phenoxy) is 3. The standard InChI is InChI=1S/C23H26FNO4/c1-23(2,3)29-22(26)25-11-10-18(13-25)28-20-9-6-16(21-14-27-21)12-19(20)15-4-7-17(24)8-5-15/h4-9,12,18,21H,10-11,13-14H2,1-3H3/t18-,21?/m0/s1. The fraction of sp³-hybridized carbons (Fsp3) is 0.435. The van der Waals surface area contributed by atoms with Gasteiger partial charge in [0.15, 0.2) is 0 Å². The zero-order valence-electron chi connectivity index (χ0n) is 17.0. The van der Waals surface area contributed by atoms with E-state index < -0.39 is 5.60 Å². The van der Waals surface area contributed by atoms with Gasteiger partial charge < -0.3 is 19.1 Å². The minimum Gasteiger partial charge on any atom is -0.488 e. The van der Waals surface area contributed by atoms with E-state index in [2.05, 4.69) is 0 Å². The number of benzene rings is 2. The first kappa shape index (κ1) is 19.7. The molecule has 29 heavy (non-hydrogen) atoms. The SMILES string of the molecule is CC(C)(C)OC(=O)N1CC[C@H](Oc2ccc(C3CO3)cc2-c2ccc(F)cc2)C1. The van der Waals surface area contributed by atoms with Gasteiger partial charge in [0.25, 0.3) is 0 Å². The summed E-state index contributed by atoms with van der Waals surface area (Å²) in [5.41, 5.74) is 2.34. The van der Waals surface area contributed by atoms with E-state index in [4.69, 9.17) is 14.2 Å². The van der Waals surface area contributed by atoms with Crippen LogP contribution in [0.2, 0.25) is 0 Å². The van der Waals surface area contributed by atoms with Gasteiger partial charge in [0, 0.05) is 18.5 Å². The number of rotatable bonds is 4. The normalized spacial score (nSPS) is 21.2. The summed E-state index contributed by atoms with van der Waals surface area (Å²) in [4.78, 5) is 14.0. The number of carbonyl (C=O) groups excluding carboxylic acids is 1. The third-order valence-electron chi connectivity index (χ3n) is 4.95. The van der Waals surface area contributed by atoms with Gasteiger partial charge in [-0.15, -0.1) is 0 Å². The van der Waals surface area contributed by atoms with Crippen LogP contribution in [0.5, 0.6) is 5.75 Å². The van der Waals surface area contributed by atoms with Gasteiger partial charge >= 0.3 is 6.09 Å². The summed E-state index contributed by atoms with van der Waals surface area (Å²) in [6.45, 7) is 7.36. The lowest BCUT2D eigenvalue weighted by Gasteiger charge is -2.24. The van der Waals surface area contributed by atoms with Gasteiger partial charge in [-0.25, -0.2) is 9.18 Å². The molecule has 2 aliphatic rings. The molecule has 2 saturated heterocycles. The highest BCUT2D eigenvalue weighted by Gasteiger charge is 2.32. The van der Waals surface area contributed by atoms with Crippen molar-refractivity contribution in [3.05, 3.63) is 53.8 Å². The zero-order valence-corrected chi connectivity index (χ0v) is 17.0. The van der Waals surface area contributed by atoms with Crippen LogP contribution in [-0.2, 0) is 9.47 Å². The van der Waals surface area contributed by atoms with Crippen LogP contribution in [0.15, 0.2) is 42.5 Å². The van der Waals surface area contributed by atoms with Gasteiger partial charge in [-0.3, -0.25) is 0 Å². The van der Waals surface area contributed by atoms with Crippen LogP contribution in [-0.4, -0.2) is 42.4 Å². The van der Waals surface area contributed by atoms with Crippen LogP contribution < -0.4 is 4.74 Å². The van der Waals surface area contributed by atoms with Crippen molar-refractivity contribution in [2.24, 2.45) is 0 Å². The monoisotopic (exact) mass is 399 g/mol. The van der Waals surface area contributed by atoms with Gasteiger partial charge in [0.1, 0.15) is 29.4 Å². The molecule has 2 aliphatic heterocycles. The highest BCUT2D eigenvalue weighted by atomic mass is 19.1. The Kier molecular flexibility index (Phi) is 5.21. The first-order valence-corrected chi connectivity index (χ1v) is 9.94. The second-order valence-corrected chi connectivity index (χ2v) is 8.54. The topological polar surface area (TPSA) is 51.3 Å². The molecule has 1 amide bonds. The Morgan fingerprint density at radius 2 is 1.90 bits per heavy atom. The van der Waals surface area contributed by atoms with Gasteiger partial charge in [0.2, 0.25) is 0 Å². The van der Waals surface area contributed by atoms with E-state index in [1.165, 1.54) is 12.1 Å². The lowest BCUT2D eigenvalue weighted by atomic mass is 10.0. The fourth-order valence-electron chi connectivity index (χ4n) is 3.44. The Labute approximate surface area is 170 Å². The maximum Gasteiger partial charge on any atom is 0.410 e. The average Bonchev–Trinajstić information content (AvgIpc) is 3.40. The third kappa shape index (κ3) is 4.88. The molecule has 0 bridgehead atoms. The van der Waals surface area contributed by atoms with Crippen molar-refractivity contribution in [1.82, 2.24) is 4.90 Å². The maximum atomic E-state index is 13.4. The van der Waals surface area contributed by atoms with Crippen molar-refractivity contribution >= 4 is 6.09 Å². The molecule has 0 saturated carbocycles. The molecule has 5 nitrogen and oxygen atoms in total. The molecule has 2 aromatic carbocycles. The minimum absolute atomic E-state index is 0.121. The lowest BCUT2D eigenvalue weighted by Crippen LogP contribution is -2.36. The van der Waals surface area contributed by atoms with E-state index >= 15 is 0 Å². The van der Waals surface area contributed by atoms with Crippen LogP contribution >= 0.6 is 0 Å². The first-order chi connectivity index (χ1) is 13.8. The van der Waals surface area contributed by atoms with Crippen LogP contribution in [0.3, 0.4) is 0 Å². The number of hydrogen-bond donors (Lipinski definition) is 0. The number of amides is 1. The molecule has 1 unspecified atom stereocenters. The second kappa shape index (κ2) is 7.67. The quantitative estimate of drug-likeness (QED) is 0.683. The number of carbonyl (C=O) groups is 1. The molecule has 0 aromatic heterocycles. The predicted octanol–water partition coefficient (Wildman–Crippen LogP) is 4.95. The van der Waals surface area contributed by atoms with Crippen LogP contribution in [0.1, 0.15) is 38.9 Å². The minimum atomic E-state index is -0.521. The van der Waals surface area contributed by atoms with Crippen molar-refractivity contribution in [2.45, 2.75) is 45.0 Å². The average molecular weight is 399 g/mol. The summed E-state index contributed by atoms with van der Waals surface area (Å²) in [6.07, 6.45) is 0.418. The van der Waals surface area contributed by atoms with Crippen molar-refractivity contribution in [3.8, 4) is 16.9 Å². The van der Waals surface area contributed by atoms with Gasteiger partial charge in [-0.2, -0.15) is 0 Å². The van der Waals surface area contributed by atoms with E-state index in [9.17, 15) is 9.18 Å². The molecular weight excluding hydrogens is 373 g/mol. The summed E-state index contributed by atoms with van der Waals surface area (Å²) in [5.74, 6) is 0.443. The molecule has 0 N–H and O–H groups in total. The Morgan fingerprint density at radius 3 is 2.55 bits per heavy atom. The van der Waals surface area contributed by atoms with Crippen LogP contribution in [0.4, 0.5) is 9.18 Å². The van der Waals surface area contributed by atoms with E-state index in [0.29, 0.717) is 13.1 Å². The summed E-state index contributed by atoms with van der Waals surface area (Å²) in [6, 6.07) is 12.4. The molecule has 2 heterocycles. The first-order valence-electron chi connectivity index (χ1n) is 9.94. The number of nitrogens with zero attached hydrogens (tertiary/aromatic N) is 1. The van der Waals surface area contributed by atoms with E-state index in [-0.39, 0.29) is 24.1 Å². The molecule has 0 aliphatic carbocycles. The smallest absolute Gasteiger partial charge is 0.410 e. The Balaban J connectivity index is 1.51. The van der Waals surface area contributed by atoms with Gasteiger partial charge in [-0.1, -0.05) is 18.2 Å². The predicted molar refractivity (Wildman–Crippen MR) is 107 cm³/mol. The van der Waals surface area contributed by atoms with E-state index in [0.717, 1.165) is 35.5 Å². The summed E-state index contributed by atoms with van der Waals surface area (Å²) in [7, 11) is 0. The van der Waals surface area contributed by atoms with Crippen molar-refractivity contribution in [2.75, 3.05) is 19.7 Å². The van der Waals surface area contributed by atoms with Crippen molar-refractivity contribution in [1.29, 1.82) is 0 Å². The van der Waals surface area contributed by atoms with Crippen LogP contribution in [0, 0.1) is 5.82 Å². The highest BCUT2D eigenvalue weighted by molar-refractivity contribution is 5.72. The van der Waals surface area contributed by atoms with Gasteiger partial charge in [0.05, 0.1) is 13.2 Å². The second-order valence-electron chi connectivity index (χ2n) is 8.54. The molecular formula is C23H26FNO4. The molecule has 2 atom stereocenters. The lowest BCUT2D eigenvalue weighted by molar-refractivity contribution is 0.0276. The molecule has 2 aromatic rings. The summed E-state index contributed by atoms with van der Waals surface area (Å²) in [5, 5.41) is 0. The van der Waals surface area contributed by atoms with Crippen LogP contribution in [0.25, 0.3) is 11.1 Å². The molecule has 4 rings (SSSR count). The number of epoxide rings is 1. The number of hydrogen-bond acceptors (Lipinski definition) is 4. The molecule has 6 heteroatoms. The fourth-order valence-corrected chi connectivity index (χ4v) is 3.44. The molecule has 0 radical (unpaired) electrons. The maximum absolute atomic E-state index is 13.4. The van der Waals surface area contributed by atoms with Crippen molar-refractivity contribution in [3.63, 3.8) is 0 Å². The number of halogens is 1. The van der Waals surface area contributed by atoms with Gasteiger partial charge in [-0.05, 0) is 56.2 Å². The zero-order chi connectivity index (χ0) is 20.6. The third-order valence-corrected chi connectivity index (χ3v) is 4.95. The molecule has 154 valence electrons. The Bertz CT molecular complexity index is 887. The number of likely N-dealkylation sites (tertiary alicyclic amines) is 1. The molecule has 2 fully saturated rings. The molecule has 0 spiro atoms. The Hall–Kier alpha value is -2.60. The van der Waals surface area contributed by atoms with Crippen molar-refractivity contribution < 1.29 is 23.4 Å². The van der Waals surface area contributed by atoms with E-state index in [1.54, 1.807) is 17.0 Å².